The Hall–Kier alpha value is -3.73. The number of benzene rings is 3. The molecule has 31 heavy (non-hydrogen) atoms. The van der Waals surface area contributed by atoms with Gasteiger partial charge in [0.25, 0.3) is 11.8 Å². The zero-order valence-corrected chi connectivity index (χ0v) is 17.7. The van der Waals surface area contributed by atoms with Crippen molar-refractivity contribution < 1.29 is 14.0 Å². The lowest BCUT2D eigenvalue weighted by atomic mass is 10.0. The van der Waals surface area contributed by atoms with Crippen molar-refractivity contribution in [2.24, 2.45) is 0 Å². The molecule has 0 saturated heterocycles. The highest BCUT2D eigenvalue weighted by Gasteiger charge is 2.39. The highest BCUT2D eigenvalue weighted by atomic mass is 19.1. The van der Waals surface area contributed by atoms with E-state index in [2.05, 4.69) is 5.32 Å². The molecular weight excluding hydrogens is 391 g/mol. The summed E-state index contributed by atoms with van der Waals surface area (Å²) in [7, 11) is 0. The van der Waals surface area contributed by atoms with Gasteiger partial charge in [-0.15, -0.1) is 0 Å². The van der Waals surface area contributed by atoms with Crippen molar-refractivity contribution in [3.63, 3.8) is 0 Å². The van der Waals surface area contributed by atoms with Gasteiger partial charge in [-0.2, -0.15) is 0 Å². The first kappa shape index (κ1) is 20.5. The number of rotatable bonds is 5. The molecule has 5 heteroatoms. The van der Waals surface area contributed by atoms with Crippen molar-refractivity contribution >= 4 is 23.1 Å². The van der Waals surface area contributed by atoms with Crippen molar-refractivity contribution in [1.82, 2.24) is 4.90 Å². The number of aryl methyl sites for hydroxylation is 3. The molecule has 0 fully saturated rings. The van der Waals surface area contributed by atoms with Crippen LogP contribution >= 0.6 is 0 Å². The maximum atomic E-state index is 13.3. The molecule has 0 aliphatic carbocycles. The van der Waals surface area contributed by atoms with Gasteiger partial charge in [-0.25, -0.2) is 4.39 Å². The van der Waals surface area contributed by atoms with Crippen LogP contribution in [0.25, 0.3) is 5.57 Å². The third-order valence-corrected chi connectivity index (χ3v) is 5.54. The van der Waals surface area contributed by atoms with Crippen LogP contribution in [0, 0.1) is 26.6 Å². The lowest BCUT2D eigenvalue weighted by molar-refractivity contribution is -0.137. The third kappa shape index (κ3) is 4.12. The van der Waals surface area contributed by atoms with Crippen LogP contribution in [0.3, 0.4) is 0 Å². The summed E-state index contributed by atoms with van der Waals surface area (Å²) in [5.41, 5.74) is 5.98. The van der Waals surface area contributed by atoms with Crippen molar-refractivity contribution in [1.29, 1.82) is 0 Å². The molecule has 0 bridgehead atoms. The fraction of sp³-hybridized carbons (Fsp3) is 0.154. The summed E-state index contributed by atoms with van der Waals surface area (Å²) >= 11 is 0. The largest absolute Gasteiger partial charge is 0.350 e. The van der Waals surface area contributed by atoms with E-state index in [-0.39, 0.29) is 24.0 Å². The van der Waals surface area contributed by atoms with Crippen molar-refractivity contribution in [2.75, 3.05) is 5.32 Å². The van der Waals surface area contributed by atoms with E-state index in [4.69, 9.17) is 0 Å². The lowest BCUT2D eigenvalue weighted by Crippen LogP contribution is -2.32. The molecule has 1 N–H and O–H groups in total. The summed E-state index contributed by atoms with van der Waals surface area (Å²) < 4.78 is 13.3. The number of nitrogens with one attached hydrogen (secondary N) is 1. The van der Waals surface area contributed by atoms with Gasteiger partial charge < -0.3 is 5.32 Å². The number of halogens is 1. The van der Waals surface area contributed by atoms with E-state index in [1.54, 1.807) is 12.1 Å². The minimum absolute atomic E-state index is 0.0748. The smallest absolute Gasteiger partial charge is 0.278 e. The maximum Gasteiger partial charge on any atom is 0.278 e. The van der Waals surface area contributed by atoms with E-state index in [1.807, 2.05) is 63.2 Å². The Balaban J connectivity index is 1.74. The zero-order valence-electron chi connectivity index (χ0n) is 17.7. The van der Waals surface area contributed by atoms with Gasteiger partial charge in [0.15, 0.2) is 0 Å². The first-order chi connectivity index (χ1) is 14.8. The van der Waals surface area contributed by atoms with Crippen LogP contribution in [0.2, 0.25) is 0 Å². The molecular formula is C26H23FN2O2. The van der Waals surface area contributed by atoms with E-state index < -0.39 is 5.91 Å². The van der Waals surface area contributed by atoms with Gasteiger partial charge in [0.2, 0.25) is 0 Å². The lowest BCUT2D eigenvalue weighted by Gasteiger charge is -2.15. The minimum Gasteiger partial charge on any atom is -0.350 e. The molecule has 1 aliphatic heterocycles. The van der Waals surface area contributed by atoms with Crippen LogP contribution in [-0.4, -0.2) is 16.7 Å². The molecule has 0 unspecified atom stereocenters. The molecule has 0 radical (unpaired) electrons. The monoisotopic (exact) mass is 414 g/mol. The van der Waals surface area contributed by atoms with Gasteiger partial charge in [-0.05, 0) is 67.3 Å². The second kappa shape index (κ2) is 8.19. The van der Waals surface area contributed by atoms with Gasteiger partial charge in [0.05, 0.1) is 12.1 Å². The third-order valence-electron chi connectivity index (χ3n) is 5.54. The van der Waals surface area contributed by atoms with Crippen LogP contribution < -0.4 is 5.32 Å². The molecule has 4 rings (SSSR count). The van der Waals surface area contributed by atoms with E-state index >= 15 is 0 Å². The van der Waals surface area contributed by atoms with Crippen LogP contribution in [-0.2, 0) is 16.1 Å². The quantitative estimate of drug-likeness (QED) is 0.588. The van der Waals surface area contributed by atoms with Gasteiger partial charge in [0.1, 0.15) is 11.5 Å². The summed E-state index contributed by atoms with van der Waals surface area (Å²) in [5.74, 6) is -1.13. The molecule has 1 heterocycles. The zero-order chi connectivity index (χ0) is 22.1. The molecule has 0 spiro atoms. The Morgan fingerprint density at radius 3 is 2.13 bits per heavy atom. The number of carbonyl (C=O) groups is 2. The molecule has 156 valence electrons. The number of carbonyl (C=O) groups excluding carboxylic acids is 2. The molecule has 1 aliphatic rings. The fourth-order valence-electron chi connectivity index (χ4n) is 3.56. The van der Waals surface area contributed by atoms with Crippen LogP contribution in [0.4, 0.5) is 10.1 Å². The first-order valence-electron chi connectivity index (χ1n) is 10.1. The predicted octanol–water partition coefficient (Wildman–Crippen LogP) is 5.14. The Kier molecular flexibility index (Phi) is 5.42. The average molecular weight is 414 g/mol. The van der Waals surface area contributed by atoms with Crippen molar-refractivity contribution in [2.45, 2.75) is 27.3 Å². The summed E-state index contributed by atoms with van der Waals surface area (Å²) in [5, 5.41) is 3.18. The molecule has 0 aromatic heterocycles. The highest BCUT2D eigenvalue weighted by Crippen LogP contribution is 2.32. The number of amides is 2. The second-order valence-electron chi connectivity index (χ2n) is 7.86. The van der Waals surface area contributed by atoms with Gasteiger partial charge in [0, 0.05) is 5.69 Å². The highest BCUT2D eigenvalue weighted by molar-refractivity contribution is 6.36. The van der Waals surface area contributed by atoms with Crippen LogP contribution in [0.15, 0.2) is 72.4 Å². The Bertz CT molecular complexity index is 1200. The SMILES string of the molecule is Cc1ccc(C2=C(Nc3ccc(C)c(C)c3)C(=O)N(Cc3ccc(F)cc3)C2=O)cc1. The number of anilines is 1. The standard InChI is InChI=1S/C26H23FN2O2/c1-16-4-9-20(10-5-16)23-24(28-22-13-6-17(2)18(3)14-22)26(31)29(25(23)30)15-19-7-11-21(27)12-8-19/h4-14,28H,15H2,1-3H3. The summed E-state index contributed by atoms with van der Waals surface area (Å²) in [6, 6.07) is 19.1. The van der Waals surface area contributed by atoms with E-state index in [9.17, 15) is 14.0 Å². The van der Waals surface area contributed by atoms with Crippen LogP contribution in [0.1, 0.15) is 27.8 Å². The van der Waals surface area contributed by atoms with Gasteiger partial charge in [-0.3, -0.25) is 14.5 Å². The molecule has 2 amide bonds. The van der Waals surface area contributed by atoms with Crippen molar-refractivity contribution in [3.05, 3.63) is 106 Å². The Morgan fingerprint density at radius 2 is 1.48 bits per heavy atom. The van der Waals surface area contributed by atoms with Crippen LogP contribution in [0.5, 0.6) is 0 Å². The normalized spacial score (nSPS) is 13.9. The maximum absolute atomic E-state index is 13.3. The number of imide groups is 1. The molecule has 4 nitrogen and oxygen atoms in total. The molecule has 3 aromatic carbocycles. The topological polar surface area (TPSA) is 49.4 Å². The summed E-state index contributed by atoms with van der Waals surface area (Å²) in [4.78, 5) is 27.8. The number of hydrogen-bond acceptors (Lipinski definition) is 3. The van der Waals surface area contributed by atoms with E-state index in [0.29, 0.717) is 16.7 Å². The average Bonchev–Trinajstić information content (AvgIpc) is 2.97. The molecule has 0 saturated carbocycles. The van der Waals surface area contributed by atoms with Gasteiger partial charge >= 0.3 is 0 Å². The van der Waals surface area contributed by atoms with E-state index in [1.165, 1.54) is 17.0 Å². The van der Waals surface area contributed by atoms with Gasteiger partial charge in [-0.1, -0.05) is 48.0 Å². The van der Waals surface area contributed by atoms with Crippen molar-refractivity contribution in [3.8, 4) is 0 Å². The second-order valence-corrected chi connectivity index (χ2v) is 7.86. The predicted molar refractivity (Wildman–Crippen MR) is 120 cm³/mol. The first-order valence-corrected chi connectivity index (χ1v) is 10.1. The minimum atomic E-state index is -0.400. The summed E-state index contributed by atoms with van der Waals surface area (Å²) in [6.45, 7) is 6.06. The van der Waals surface area contributed by atoms with E-state index in [0.717, 1.165) is 22.4 Å². The summed E-state index contributed by atoms with van der Waals surface area (Å²) in [6.07, 6.45) is 0. The Morgan fingerprint density at radius 1 is 0.806 bits per heavy atom. The Labute approximate surface area is 181 Å². The number of nitrogens with zero attached hydrogens (tertiary/aromatic N) is 1. The molecule has 3 aromatic rings. The fourth-order valence-corrected chi connectivity index (χ4v) is 3.56. The molecule has 0 atom stereocenters. The number of hydrogen-bond donors (Lipinski definition) is 1.